The number of carbonyl (C=O) groups excluding carboxylic acids is 1. The van der Waals surface area contributed by atoms with Gasteiger partial charge in [0.2, 0.25) is 0 Å². The van der Waals surface area contributed by atoms with Crippen molar-refractivity contribution < 1.29 is 4.79 Å². The molecule has 0 saturated carbocycles. The summed E-state index contributed by atoms with van der Waals surface area (Å²) in [5, 5.41) is 0. The molecule has 0 aromatic heterocycles. The fourth-order valence-corrected chi connectivity index (χ4v) is 3.03. The lowest BCUT2D eigenvalue weighted by atomic mass is 10.00. The minimum Gasteiger partial charge on any atom is -0.338 e. The summed E-state index contributed by atoms with van der Waals surface area (Å²) in [6.07, 6.45) is 2.60. The van der Waals surface area contributed by atoms with E-state index in [9.17, 15) is 4.79 Å². The van der Waals surface area contributed by atoms with Crippen LogP contribution in [-0.4, -0.2) is 48.4 Å². The minimum absolute atomic E-state index is 0.178. The molecule has 1 heterocycles. The van der Waals surface area contributed by atoms with E-state index < -0.39 is 0 Å². The van der Waals surface area contributed by atoms with Crippen molar-refractivity contribution in [3.8, 4) is 0 Å². The number of benzene rings is 1. The van der Waals surface area contributed by atoms with E-state index >= 15 is 0 Å². The van der Waals surface area contributed by atoms with Gasteiger partial charge in [0.25, 0.3) is 5.91 Å². The predicted molar refractivity (Wildman–Crippen MR) is 87.9 cm³/mol. The van der Waals surface area contributed by atoms with Crippen molar-refractivity contribution in [1.29, 1.82) is 0 Å². The average molecular weight is 288 g/mol. The van der Waals surface area contributed by atoms with Crippen LogP contribution in [0.25, 0.3) is 0 Å². The fraction of sp³-hybridized carbons (Fsp3) is 0.611. The maximum absolute atomic E-state index is 12.8. The third-order valence-electron chi connectivity index (χ3n) is 4.62. The average Bonchev–Trinajstić information content (AvgIpc) is 2.96. The summed E-state index contributed by atoms with van der Waals surface area (Å²) in [6.45, 7) is 13.3. The van der Waals surface area contributed by atoms with Crippen LogP contribution in [0, 0.1) is 20.8 Å². The Balaban J connectivity index is 2.06. The molecule has 1 aromatic rings. The smallest absolute Gasteiger partial charge is 0.254 e. The molecule has 1 saturated heterocycles. The van der Waals surface area contributed by atoms with Crippen LogP contribution in [-0.2, 0) is 0 Å². The molecule has 3 nitrogen and oxygen atoms in total. The normalized spacial score (nSPS) is 15.4. The number of hydrogen-bond donors (Lipinski definition) is 0. The number of likely N-dealkylation sites (N-methyl/N-ethyl adjacent to an activating group) is 1. The second-order valence-electron chi connectivity index (χ2n) is 6.18. The van der Waals surface area contributed by atoms with E-state index in [0.29, 0.717) is 0 Å². The number of aryl methyl sites for hydroxylation is 3. The van der Waals surface area contributed by atoms with Crippen LogP contribution in [0.5, 0.6) is 0 Å². The van der Waals surface area contributed by atoms with Crippen molar-refractivity contribution in [1.82, 2.24) is 9.80 Å². The van der Waals surface area contributed by atoms with Gasteiger partial charge >= 0.3 is 0 Å². The van der Waals surface area contributed by atoms with E-state index in [-0.39, 0.29) is 5.91 Å². The van der Waals surface area contributed by atoms with Gasteiger partial charge < -0.3 is 9.80 Å². The molecule has 2 rings (SSSR count). The molecule has 0 aliphatic carbocycles. The molecular weight excluding hydrogens is 260 g/mol. The van der Waals surface area contributed by atoms with Crippen molar-refractivity contribution in [3.05, 3.63) is 34.4 Å². The molecule has 1 aromatic carbocycles. The van der Waals surface area contributed by atoms with Crippen LogP contribution in [0.1, 0.15) is 46.8 Å². The molecule has 1 aliphatic rings. The first-order valence-corrected chi connectivity index (χ1v) is 8.12. The quantitative estimate of drug-likeness (QED) is 0.831. The fourth-order valence-electron chi connectivity index (χ4n) is 3.03. The molecule has 0 N–H and O–H groups in total. The molecule has 0 spiro atoms. The second-order valence-corrected chi connectivity index (χ2v) is 6.18. The Morgan fingerprint density at radius 1 is 1.10 bits per heavy atom. The van der Waals surface area contributed by atoms with Crippen molar-refractivity contribution in [3.63, 3.8) is 0 Å². The Kier molecular flexibility index (Phi) is 5.40. The third-order valence-corrected chi connectivity index (χ3v) is 4.62. The highest BCUT2D eigenvalue weighted by atomic mass is 16.2. The Hall–Kier alpha value is -1.35. The van der Waals surface area contributed by atoms with Gasteiger partial charge in [-0.3, -0.25) is 4.79 Å². The Labute approximate surface area is 128 Å². The molecule has 116 valence electrons. The van der Waals surface area contributed by atoms with Crippen LogP contribution < -0.4 is 0 Å². The summed E-state index contributed by atoms with van der Waals surface area (Å²) in [7, 11) is 0. The summed E-state index contributed by atoms with van der Waals surface area (Å²) in [5.74, 6) is 0.178. The summed E-state index contributed by atoms with van der Waals surface area (Å²) in [6, 6.07) is 4.17. The number of carbonyl (C=O) groups is 1. The first-order chi connectivity index (χ1) is 10.0. The van der Waals surface area contributed by atoms with Gasteiger partial charge in [0.15, 0.2) is 0 Å². The van der Waals surface area contributed by atoms with Crippen molar-refractivity contribution in [2.45, 2.75) is 40.5 Å². The van der Waals surface area contributed by atoms with Gasteiger partial charge in [-0.1, -0.05) is 6.07 Å². The van der Waals surface area contributed by atoms with E-state index in [1.165, 1.54) is 37.1 Å². The summed E-state index contributed by atoms with van der Waals surface area (Å²) < 4.78 is 0. The van der Waals surface area contributed by atoms with Crippen molar-refractivity contribution in [2.75, 3.05) is 32.7 Å². The summed E-state index contributed by atoms with van der Waals surface area (Å²) in [5.41, 5.74) is 4.40. The first-order valence-electron chi connectivity index (χ1n) is 8.12. The maximum Gasteiger partial charge on any atom is 0.254 e. The number of amides is 1. The highest BCUT2D eigenvalue weighted by molar-refractivity contribution is 5.96. The van der Waals surface area contributed by atoms with Gasteiger partial charge in [-0.2, -0.15) is 0 Å². The maximum atomic E-state index is 12.8. The van der Waals surface area contributed by atoms with Crippen LogP contribution in [0.2, 0.25) is 0 Å². The molecule has 0 bridgehead atoms. The standard InChI is InChI=1S/C18H28N2O/c1-5-20(11-10-19-8-6-7-9-19)18(21)17-13-15(3)14(2)12-16(17)4/h12-13H,5-11H2,1-4H3. The van der Waals surface area contributed by atoms with E-state index in [4.69, 9.17) is 0 Å². The van der Waals surface area contributed by atoms with Crippen LogP contribution in [0.4, 0.5) is 0 Å². The van der Waals surface area contributed by atoms with Gasteiger partial charge in [-0.05, 0) is 76.4 Å². The van der Waals surface area contributed by atoms with E-state index in [2.05, 4.69) is 31.7 Å². The lowest BCUT2D eigenvalue weighted by molar-refractivity contribution is 0.0749. The van der Waals surface area contributed by atoms with Gasteiger partial charge in [0.1, 0.15) is 0 Å². The minimum atomic E-state index is 0.178. The highest BCUT2D eigenvalue weighted by Crippen LogP contribution is 2.17. The van der Waals surface area contributed by atoms with E-state index in [0.717, 1.165) is 30.8 Å². The van der Waals surface area contributed by atoms with Crippen LogP contribution in [0.3, 0.4) is 0 Å². The SMILES string of the molecule is CCN(CCN1CCCC1)C(=O)c1cc(C)c(C)cc1C. The summed E-state index contributed by atoms with van der Waals surface area (Å²) >= 11 is 0. The molecule has 1 amide bonds. The van der Waals surface area contributed by atoms with Gasteiger partial charge in [-0.15, -0.1) is 0 Å². The zero-order valence-electron chi connectivity index (χ0n) is 13.9. The Morgan fingerprint density at radius 2 is 1.71 bits per heavy atom. The van der Waals surface area contributed by atoms with Crippen LogP contribution >= 0.6 is 0 Å². The highest BCUT2D eigenvalue weighted by Gasteiger charge is 2.19. The van der Waals surface area contributed by atoms with Gasteiger partial charge in [-0.25, -0.2) is 0 Å². The topological polar surface area (TPSA) is 23.6 Å². The van der Waals surface area contributed by atoms with Gasteiger partial charge in [0, 0.05) is 25.2 Å². The largest absolute Gasteiger partial charge is 0.338 e. The molecule has 1 aliphatic heterocycles. The van der Waals surface area contributed by atoms with Crippen molar-refractivity contribution >= 4 is 5.91 Å². The molecular formula is C18H28N2O. The Morgan fingerprint density at radius 3 is 2.33 bits per heavy atom. The molecule has 21 heavy (non-hydrogen) atoms. The van der Waals surface area contributed by atoms with Crippen molar-refractivity contribution in [2.24, 2.45) is 0 Å². The zero-order valence-corrected chi connectivity index (χ0v) is 13.9. The zero-order chi connectivity index (χ0) is 15.4. The number of rotatable bonds is 5. The lowest BCUT2D eigenvalue weighted by Crippen LogP contribution is -2.38. The van der Waals surface area contributed by atoms with Crippen LogP contribution in [0.15, 0.2) is 12.1 Å². The third kappa shape index (κ3) is 3.85. The second kappa shape index (κ2) is 7.08. The van der Waals surface area contributed by atoms with E-state index in [1.54, 1.807) is 0 Å². The summed E-state index contributed by atoms with van der Waals surface area (Å²) in [4.78, 5) is 17.2. The van der Waals surface area contributed by atoms with E-state index in [1.807, 2.05) is 17.9 Å². The monoisotopic (exact) mass is 288 g/mol. The number of likely N-dealkylation sites (tertiary alicyclic amines) is 1. The molecule has 0 unspecified atom stereocenters. The lowest BCUT2D eigenvalue weighted by Gasteiger charge is -2.25. The molecule has 0 atom stereocenters. The number of nitrogens with zero attached hydrogens (tertiary/aromatic N) is 2. The predicted octanol–water partition coefficient (Wildman–Crippen LogP) is 3.17. The first kappa shape index (κ1) is 16.0. The molecule has 0 radical (unpaired) electrons. The molecule has 3 heteroatoms. The van der Waals surface area contributed by atoms with Gasteiger partial charge in [0.05, 0.1) is 0 Å². The molecule has 1 fully saturated rings. The number of hydrogen-bond acceptors (Lipinski definition) is 2. The Bertz CT molecular complexity index is 504.